The van der Waals surface area contributed by atoms with Crippen LogP contribution < -0.4 is 0 Å². The Balaban J connectivity index is 2.86. The first-order valence-corrected chi connectivity index (χ1v) is 5.80. The molecule has 0 unspecified atom stereocenters. The van der Waals surface area contributed by atoms with Gasteiger partial charge in [-0.1, -0.05) is 30.3 Å². The van der Waals surface area contributed by atoms with E-state index in [0.29, 0.717) is 8.95 Å². The third-order valence-corrected chi connectivity index (χ3v) is 3.81. The van der Waals surface area contributed by atoms with Crippen molar-refractivity contribution in [2.75, 3.05) is 0 Å². The summed E-state index contributed by atoms with van der Waals surface area (Å²) in [4.78, 5) is 11.0. The minimum atomic E-state index is -0.937. The van der Waals surface area contributed by atoms with Gasteiger partial charge in [0.25, 0.3) is 0 Å². The molecule has 0 heterocycles. The first kappa shape index (κ1) is 10.6. The molecule has 0 radical (unpaired) electrons. The van der Waals surface area contributed by atoms with Gasteiger partial charge in [0.15, 0.2) is 0 Å². The van der Waals surface area contributed by atoms with Crippen LogP contribution in [0.3, 0.4) is 0 Å². The minimum absolute atomic E-state index is 0.274. The summed E-state index contributed by atoms with van der Waals surface area (Å²) in [5.74, 6) is -0.937. The van der Waals surface area contributed by atoms with Gasteiger partial charge in [0, 0.05) is 8.95 Å². The number of carboxylic acids is 1. The maximum atomic E-state index is 11.0. The molecule has 2 aliphatic carbocycles. The summed E-state index contributed by atoms with van der Waals surface area (Å²) in [6, 6.07) is 9.43. The third kappa shape index (κ3) is 1.68. The first-order valence-electron chi connectivity index (χ1n) is 4.22. The average Bonchev–Trinajstić information content (AvgIpc) is 2.40. The van der Waals surface area contributed by atoms with Crippen molar-refractivity contribution >= 4 is 37.8 Å². The van der Waals surface area contributed by atoms with Gasteiger partial charge in [0.05, 0.1) is 5.56 Å². The number of aromatic carboxylic acids is 1. The second-order valence-electron chi connectivity index (χ2n) is 3.05. The molecule has 15 heavy (non-hydrogen) atoms. The summed E-state index contributed by atoms with van der Waals surface area (Å²) < 4.78 is 1.24. The van der Waals surface area contributed by atoms with Crippen molar-refractivity contribution < 1.29 is 9.90 Å². The number of carbonyl (C=O) groups is 1. The zero-order valence-electron chi connectivity index (χ0n) is 7.50. The van der Waals surface area contributed by atoms with E-state index in [2.05, 4.69) is 31.9 Å². The highest BCUT2D eigenvalue weighted by Gasteiger charge is 2.23. The van der Waals surface area contributed by atoms with Gasteiger partial charge in [-0.3, -0.25) is 0 Å². The number of halogens is 2. The van der Waals surface area contributed by atoms with Crippen LogP contribution in [-0.4, -0.2) is 11.1 Å². The molecule has 0 fully saturated rings. The normalized spacial score (nSPS) is 10.5. The van der Waals surface area contributed by atoms with E-state index in [-0.39, 0.29) is 5.56 Å². The Morgan fingerprint density at radius 1 is 1.00 bits per heavy atom. The largest absolute Gasteiger partial charge is 0.478 e. The van der Waals surface area contributed by atoms with Gasteiger partial charge in [0.1, 0.15) is 0 Å². The molecule has 0 spiro atoms. The van der Waals surface area contributed by atoms with E-state index in [4.69, 9.17) is 5.11 Å². The Kier molecular flexibility index (Phi) is 2.80. The highest BCUT2D eigenvalue weighted by molar-refractivity contribution is 9.11. The van der Waals surface area contributed by atoms with Crippen molar-refractivity contribution in [1.29, 1.82) is 0 Å². The molecule has 4 heteroatoms. The maximum Gasteiger partial charge on any atom is 0.338 e. The van der Waals surface area contributed by atoms with Gasteiger partial charge in [-0.2, -0.15) is 0 Å². The summed E-state index contributed by atoms with van der Waals surface area (Å²) in [6.07, 6.45) is 0. The Morgan fingerprint density at radius 2 is 1.47 bits per heavy atom. The van der Waals surface area contributed by atoms with Gasteiger partial charge in [-0.05, 0) is 43.0 Å². The molecule has 0 aromatic heterocycles. The van der Waals surface area contributed by atoms with Crippen LogP contribution in [0.2, 0.25) is 0 Å². The van der Waals surface area contributed by atoms with E-state index in [0.717, 1.165) is 11.1 Å². The molecule has 2 aliphatic rings. The quantitative estimate of drug-likeness (QED) is 0.858. The summed E-state index contributed by atoms with van der Waals surface area (Å²) in [6.45, 7) is 0. The van der Waals surface area contributed by atoms with Crippen molar-refractivity contribution in [3.63, 3.8) is 0 Å². The van der Waals surface area contributed by atoms with E-state index in [1.165, 1.54) is 0 Å². The van der Waals surface area contributed by atoms with Gasteiger partial charge in [0.2, 0.25) is 0 Å². The molecule has 1 N–H and O–H groups in total. The highest BCUT2D eigenvalue weighted by atomic mass is 79.9. The van der Waals surface area contributed by atoms with Crippen LogP contribution in [0.25, 0.3) is 11.1 Å². The number of rotatable bonds is 1. The van der Waals surface area contributed by atoms with E-state index >= 15 is 0 Å². The standard InChI is InChI=1S/C11H6Br2O2/c12-9-6-4-2-1-3-5-7(6)10(13)8(9)11(14)15/h1-5H,(H,14,15). The Labute approximate surface area is 104 Å². The molecular formula is C11H6Br2O2. The van der Waals surface area contributed by atoms with Crippen LogP contribution >= 0.6 is 31.9 Å². The van der Waals surface area contributed by atoms with Crippen molar-refractivity contribution in [1.82, 2.24) is 0 Å². The Morgan fingerprint density at radius 3 is 1.87 bits per heavy atom. The number of carboxylic acid groups (broad SMARTS) is 1. The fraction of sp³-hybridized carbons (Fsp3) is 0. The topological polar surface area (TPSA) is 37.3 Å². The highest BCUT2D eigenvalue weighted by Crippen LogP contribution is 2.43. The lowest BCUT2D eigenvalue weighted by atomic mass is 10.2. The minimum Gasteiger partial charge on any atom is -0.478 e. The lowest BCUT2D eigenvalue weighted by Crippen LogP contribution is -1.94. The predicted octanol–water partition coefficient (Wildman–Crippen LogP) is 4.01. The summed E-state index contributed by atoms with van der Waals surface area (Å²) in [7, 11) is 0. The molecule has 0 bridgehead atoms. The van der Waals surface area contributed by atoms with Crippen LogP contribution in [0.4, 0.5) is 0 Å². The molecule has 0 saturated heterocycles. The fourth-order valence-electron chi connectivity index (χ4n) is 1.48. The Hall–Kier alpha value is -0.870. The van der Waals surface area contributed by atoms with Crippen LogP contribution in [0, 0.1) is 0 Å². The monoisotopic (exact) mass is 328 g/mol. The van der Waals surface area contributed by atoms with Gasteiger partial charge >= 0.3 is 5.97 Å². The number of fused-ring (bicyclic) bond motifs is 1. The maximum absolute atomic E-state index is 11.0. The molecule has 0 amide bonds. The molecule has 0 aromatic rings. The van der Waals surface area contributed by atoms with E-state index in [9.17, 15) is 4.79 Å². The molecule has 0 saturated carbocycles. The van der Waals surface area contributed by atoms with Crippen LogP contribution in [-0.2, 0) is 0 Å². The molecule has 0 atom stereocenters. The lowest BCUT2D eigenvalue weighted by molar-refractivity contribution is 0.0695. The third-order valence-electron chi connectivity index (χ3n) is 2.16. The predicted molar refractivity (Wildman–Crippen MR) is 65.4 cm³/mol. The van der Waals surface area contributed by atoms with Crippen molar-refractivity contribution in [2.24, 2.45) is 0 Å². The zero-order valence-corrected chi connectivity index (χ0v) is 10.7. The van der Waals surface area contributed by atoms with E-state index < -0.39 is 5.97 Å². The van der Waals surface area contributed by atoms with E-state index in [1.807, 2.05) is 30.3 Å². The lowest BCUT2D eigenvalue weighted by Gasteiger charge is -1.91. The summed E-state index contributed by atoms with van der Waals surface area (Å²) in [5, 5.41) is 9.05. The smallest absolute Gasteiger partial charge is 0.338 e. The van der Waals surface area contributed by atoms with Crippen molar-refractivity contribution in [3.05, 3.63) is 44.8 Å². The SMILES string of the molecule is O=C(O)c1c(Br)c2cccccc-2c1Br. The Bertz CT molecular complexity index is 472. The molecular weight excluding hydrogens is 324 g/mol. The van der Waals surface area contributed by atoms with Crippen LogP contribution in [0.1, 0.15) is 10.4 Å². The average molecular weight is 330 g/mol. The number of hydrogen-bond donors (Lipinski definition) is 1. The van der Waals surface area contributed by atoms with Gasteiger partial charge in [-0.25, -0.2) is 4.79 Å². The number of hydrogen-bond acceptors (Lipinski definition) is 1. The van der Waals surface area contributed by atoms with Gasteiger partial charge < -0.3 is 5.11 Å². The molecule has 2 nitrogen and oxygen atoms in total. The molecule has 0 aromatic carbocycles. The second kappa shape index (κ2) is 3.94. The van der Waals surface area contributed by atoms with Crippen LogP contribution in [0.15, 0.2) is 39.3 Å². The molecule has 0 aliphatic heterocycles. The first-order chi connectivity index (χ1) is 7.13. The summed E-state index contributed by atoms with van der Waals surface area (Å²) in [5.41, 5.74) is 2.06. The zero-order chi connectivity index (χ0) is 11.0. The second-order valence-corrected chi connectivity index (χ2v) is 4.63. The molecule has 76 valence electrons. The summed E-state index contributed by atoms with van der Waals surface area (Å²) >= 11 is 6.63. The van der Waals surface area contributed by atoms with Crippen molar-refractivity contribution in [3.8, 4) is 11.1 Å². The molecule has 2 rings (SSSR count). The van der Waals surface area contributed by atoms with Crippen molar-refractivity contribution in [2.45, 2.75) is 0 Å². The van der Waals surface area contributed by atoms with E-state index in [1.54, 1.807) is 0 Å². The fourth-order valence-corrected chi connectivity index (χ4v) is 3.18. The van der Waals surface area contributed by atoms with Crippen LogP contribution in [0.5, 0.6) is 0 Å². The van der Waals surface area contributed by atoms with Gasteiger partial charge in [-0.15, -0.1) is 0 Å².